The van der Waals surface area contributed by atoms with Crippen LogP contribution in [0.25, 0.3) is 0 Å². The Morgan fingerprint density at radius 3 is 2.21 bits per heavy atom. The normalized spacial score (nSPS) is 33.4. The largest absolute Gasteiger partial charge is 0.391 e. The SMILES string of the molecule is [B][C@@H]1CO[C@H](COC(C)(C)C)C(OC(C)(C)C)C1O. The number of ether oxygens (including phenoxy) is 3. The van der Waals surface area contributed by atoms with Crippen LogP contribution in [0.3, 0.4) is 0 Å². The molecule has 1 heterocycles. The van der Waals surface area contributed by atoms with Crippen LogP contribution in [0.1, 0.15) is 41.5 Å². The summed E-state index contributed by atoms with van der Waals surface area (Å²) in [5.74, 6) is -0.418. The van der Waals surface area contributed by atoms with Crippen LogP contribution in [0.4, 0.5) is 0 Å². The van der Waals surface area contributed by atoms with Crippen molar-refractivity contribution in [1.29, 1.82) is 0 Å². The molecule has 0 aromatic rings. The van der Waals surface area contributed by atoms with Crippen molar-refractivity contribution in [2.24, 2.45) is 0 Å². The minimum Gasteiger partial charge on any atom is -0.391 e. The summed E-state index contributed by atoms with van der Waals surface area (Å²) in [6, 6.07) is 0. The van der Waals surface area contributed by atoms with Gasteiger partial charge >= 0.3 is 0 Å². The number of hydrogen-bond acceptors (Lipinski definition) is 4. The highest BCUT2D eigenvalue weighted by molar-refractivity contribution is 6.12. The van der Waals surface area contributed by atoms with E-state index in [9.17, 15) is 5.11 Å². The predicted molar refractivity (Wildman–Crippen MR) is 75.6 cm³/mol. The van der Waals surface area contributed by atoms with E-state index in [0.717, 1.165) is 0 Å². The van der Waals surface area contributed by atoms with Crippen molar-refractivity contribution in [3.8, 4) is 0 Å². The smallest absolute Gasteiger partial charge is 0.112 e. The molecule has 1 aliphatic heterocycles. The first-order valence-electron chi connectivity index (χ1n) is 6.87. The molecule has 0 spiro atoms. The first-order chi connectivity index (χ1) is 8.49. The number of hydrogen-bond donors (Lipinski definition) is 1. The molecule has 1 rings (SSSR count). The molecule has 0 aromatic heterocycles. The Labute approximate surface area is 118 Å². The molecule has 4 atom stereocenters. The standard InChI is InChI=1S/C14H27BO4/c1-13(2,3)18-8-10-12(19-14(4,5)6)11(16)9(15)7-17-10/h9-12,16H,7-8H2,1-6H3/t9-,10-,11?,12?/m1/s1. The van der Waals surface area contributed by atoms with E-state index in [-0.39, 0.29) is 17.3 Å². The van der Waals surface area contributed by atoms with Crippen LogP contribution in [0, 0.1) is 0 Å². The van der Waals surface area contributed by atoms with E-state index in [2.05, 4.69) is 0 Å². The summed E-state index contributed by atoms with van der Waals surface area (Å²) in [7, 11) is 5.84. The summed E-state index contributed by atoms with van der Waals surface area (Å²) >= 11 is 0. The van der Waals surface area contributed by atoms with Crippen molar-refractivity contribution in [2.75, 3.05) is 13.2 Å². The van der Waals surface area contributed by atoms with Crippen molar-refractivity contribution in [3.63, 3.8) is 0 Å². The van der Waals surface area contributed by atoms with E-state index in [4.69, 9.17) is 22.1 Å². The molecule has 2 radical (unpaired) electrons. The molecule has 0 bridgehead atoms. The van der Waals surface area contributed by atoms with Crippen LogP contribution in [0.2, 0.25) is 5.82 Å². The van der Waals surface area contributed by atoms with Gasteiger partial charge in [0.05, 0.1) is 31.8 Å². The summed E-state index contributed by atoms with van der Waals surface area (Å²) < 4.78 is 17.3. The van der Waals surface area contributed by atoms with E-state index in [1.54, 1.807) is 0 Å². The topological polar surface area (TPSA) is 47.9 Å². The number of rotatable bonds is 3. The third-order valence-electron chi connectivity index (χ3n) is 2.81. The summed E-state index contributed by atoms with van der Waals surface area (Å²) in [5.41, 5.74) is -0.619. The molecular weight excluding hydrogens is 243 g/mol. The molecule has 19 heavy (non-hydrogen) atoms. The third kappa shape index (κ3) is 5.82. The first-order valence-corrected chi connectivity index (χ1v) is 6.87. The minimum atomic E-state index is -0.735. The zero-order chi connectivity index (χ0) is 14.8. The molecule has 0 saturated carbocycles. The second-order valence-corrected chi connectivity index (χ2v) is 7.14. The molecule has 110 valence electrons. The quantitative estimate of drug-likeness (QED) is 0.793. The van der Waals surface area contributed by atoms with Gasteiger partial charge in [-0.2, -0.15) is 0 Å². The van der Waals surface area contributed by atoms with E-state index in [0.29, 0.717) is 13.2 Å². The predicted octanol–water partition coefficient (Wildman–Crippen LogP) is 1.70. The van der Waals surface area contributed by atoms with Crippen LogP contribution >= 0.6 is 0 Å². The van der Waals surface area contributed by atoms with Crippen molar-refractivity contribution >= 4 is 7.85 Å². The summed E-state index contributed by atoms with van der Waals surface area (Å²) in [5, 5.41) is 10.2. The van der Waals surface area contributed by atoms with E-state index >= 15 is 0 Å². The highest BCUT2D eigenvalue weighted by atomic mass is 16.6. The molecule has 0 aliphatic carbocycles. The van der Waals surface area contributed by atoms with Crippen molar-refractivity contribution in [3.05, 3.63) is 0 Å². The van der Waals surface area contributed by atoms with Gasteiger partial charge in [-0.15, -0.1) is 0 Å². The molecule has 1 N–H and O–H groups in total. The Bertz CT molecular complexity index is 282. The van der Waals surface area contributed by atoms with Crippen LogP contribution in [0.15, 0.2) is 0 Å². The van der Waals surface area contributed by atoms with E-state index < -0.39 is 18.0 Å². The van der Waals surface area contributed by atoms with Crippen molar-refractivity contribution in [1.82, 2.24) is 0 Å². The van der Waals surface area contributed by atoms with Gasteiger partial charge in [-0.3, -0.25) is 0 Å². The van der Waals surface area contributed by atoms with Gasteiger partial charge in [0.25, 0.3) is 0 Å². The van der Waals surface area contributed by atoms with Crippen LogP contribution in [-0.4, -0.2) is 55.7 Å². The van der Waals surface area contributed by atoms with Gasteiger partial charge in [-0.1, -0.05) is 0 Å². The lowest BCUT2D eigenvalue weighted by atomic mass is 9.78. The fourth-order valence-electron chi connectivity index (χ4n) is 1.92. The van der Waals surface area contributed by atoms with Crippen LogP contribution in [0.5, 0.6) is 0 Å². The molecule has 2 unspecified atom stereocenters. The zero-order valence-corrected chi connectivity index (χ0v) is 13.0. The maximum absolute atomic E-state index is 10.2. The van der Waals surface area contributed by atoms with Gasteiger partial charge in [0.1, 0.15) is 12.2 Å². The zero-order valence-electron chi connectivity index (χ0n) is 13.0. The first kappa shape index (κ1) is 17.0. The molecule has 1 saturated heterocycles. The van der Waals surface area contributed by atoms with Gasteiger partial charge < -0.3 is 19.3 Å². The van der Waals surface area contributed by atoms with Gasteiger partial charge in [0, 0.05) is 6.61 Å². The lowest BCUT2D eigenvalue weighted by Gasteiger charge is -2.42. The van der Waals surface area contributed by atoms with Crippen LogP contribution in [-0.2, 0) is 14.2 Å². The highest BCUT2D eigenvalue weighted by Gasteiger charge is 2.40. The van der Waals surface area contributed by atoms with Crippen LogP contribution < -0.4 is 0 Å². The molecular formula is C14H27BO4. The van der Waals surface area contributed by atoms with Gasteiger partial charge in [0.15, 0.2) is 0 Å². The molecule has 1 aliphatic rings. The van der Waals surface area contributed by atoms with E-state index in [1.807, 2.05) is 41.5 Å². The monoisotopic (exact) mass is 270 g/mol. The molecule has 5 heteroatoms. The minimum absolute atomic E-state index is 0.250. The molecule has 0 amide bonds. The Morgan fingerprint density at radius 2 is 1.74 bits per heavy atom. The number of aliphatic hydroxyl groups is 1. The average Bonchev–Trinajstić information content (AvgIpc) is 2.21. The van der Waals surface area contributed by atoms with Crippen molar-refractivity contribution < 1.29 is 19.3 Å². The third-order valence-corrected chi connectivity index (χ3v) is 2.81. The summed E-state index contributed by atoms with van der Waals surface area (Å²) in [6.45, 7) is 12.5. The van der Waals surface area contributed by atoms with Gasteiger partial charge in [0.2, 0.25) is 0 Å². The molecule has 4 nitrogen and oxygen atoms in total. The van der Waals surface area contributed by atoms with Gasteiger partial charge in [-0.25, -0.2) is 0 Å². The average molecular weight is 270 g/mol. The Morgan fingerprint density at radius 1 is 1.16 bits per heavy atom. The maximum Gasteiger partial charge on any atom is 0.112 e. The number of aliphatic hydroxyl groups excluding tert-OH is 1. The highest BCUT2D eigenvalue weighted by Crippen LogP contribution is 2.29. The van der Waals surface area contributed by atoms with Gasteiger partial charge in [-0.05, 0) is 47.4 Å². The lowest BCUT2D eigenvalue weighted by molar-refractivity contribution is -0.214. The summed E-state index contributed by atoms with van der Waals surface area (Å²) in [4.78, 5) is 0. The Kier molecular flexibility index (Phi) is 5.47. The Balaban J connectivity index is 2.70. The fourth-order valence-corrected chi connectivity index (χ4v) is 1.92. The second kappa shape index (κ2) is 6.12. The maximum atomic E-state index is 10.2. The summed E-state index contributed by atoms with van der Waals surface area (Å²) in [6.07, 6.45) is -1.50. The van der Waals surface area contributed by atoms with E-state index in [1.165, 1.54) is 0 Å². The lowest BCUT2D eigenvalue weighted by Crippen LogP contribution is -2.54. The second-order valence-electron chi connectivity index (χ2n) is 7.14. The van der Waals surface area contributed by atoms with Crippen molar-refractivity contribution in [2.45, 2.75) is 76.9 Å². The fraction of sp³-hybridized carbons (Fsp3) is 1.00. The molecule has 1 fully saturated rings. The molecule has 0 aromatic carbocycles. The Hall–Kier alpha value is -0.0951.